The first-order valence-electron chi connectivity index (χ1n) is 7.45. The van der Waals surface area contributed by atoms with Gasteiger partial charge in [-0.25, -0.2) is 0 Å². The highest BCUT2D eigenvalue weighted by Gasteiger charge is 2.13. The normalized spacial score (nSPS) is 12.2. The molecule has 0 fully saturated rings. The van der Waals surface area contributed by atoms with Gasteiger partial charge in [0, 0.05) is 21.2 Å². The van der Waals surface area contributed by atoms with Crippen molar-refractivity contribution in [3.8, 4) is 11.4 Å². The van der Waals surface area contributed by atoms with E-state index in [4.69, 9.17) is 23.2 Å². The fourth-order valence-corrected chi connectivity index (χ4v) is 3.92. The lowest BCUT2D eigenvalue weighted by Crippen LogP contribution is -2.23. The summed E-state index contributed by atoms with van der Waals surface area (Å²) in [6, 6.07) is 13.1. The first-order valence-corrected chi connectivity index (χ1v) is 9.02. The first kappa shape index (κ1) is 16.3. The predicted molar refractivity (Wildman–Crippen MR) is 103 cm³/mol. The smallest absolute Gasteiger partial charge is 0.266 e. The molecule has 4 nitrogen and oxygen atoms in total. The fourth-order valence-electron chi connectivity index (χ4n) is 2.52. The van der Waals surface area contributed by atoms with Crippen molar-refractivity contribution in [2.45, 2.75) is 6.92 Å². The van der Waals surface area contributed by atoms with Gasteiger partial charge in [0.1, 0.15) is 0 Å². The second kappa shape index (κ2) is 6.26. The number of aromatic nitrogens is 3. The molecule has 124 valence electrons. The van der Waals surface area contributed by atoms with Crippen LogP contribution in [0.5, 0.6) is 0 Å². The quantitative estimate of drug-likeness (QED) is 0.522. The molecule has 4 rings (SSSR count). The van der Waals surface area contributed by atoms with Crippen molar-refractivity contribution in [3.63, 3.8) is 0 Å². The van der Waals surface area contributed by atoms with Crippen molar-refractivity contribution < 1.29 is 0 Å². The number of thiazole rings is 1. The van der Waals surface area contributed by atoms with Gasteiger partial charge >= 0.3 is 0 Å². The Morgan fingerprint density at radius 3 is 2.52 bits per heavy atom. The minimum atomic E-state index is -0.234. The Balaban J connectivity index is 1.87. The largest absolute Gasteiger partial charge is 0.291 e. The highest BCUT2D eigenvalue weighted by molar-refractivity contribution is 7.15. The predicted octanol–water partition coefficient (Wildman–Crippen LogP) is 3.98. The summed E-state index contributed by atoms with van der Waals surface area (Å²) in [6.07, 6.45) is 1.68. The number of benzene rings is 2. The lowest BCUT2D eigenvalue weighted by atomic mass is 10.1. The number of aryl methyl sites for hydroxylation is 1. The van der Waals surface area contributed by atoms with E-state index in [2.05, 4.69) is 10.1 Å². The van der Waals surface area contributed by atoms with Gasteiger partial charge in [0.2, 0.25) is 4.96 Å². The number of hydrogen-bond donors (Lipinski definition) is 0. The van der Waals surface area contributed by atoms with Crippen molar-refractivity contribution >= 4 is 45.6 Å². The molecule has 0 spiro atoms. The molecule has 0 radical (unpaired) electrons. The fraction of sp³-hybridized carbons (Fsp3) is 0.0556. The lowest BCUT2D eigenvalue weighted by molar-refractivity contribution is 0.936. The third-order valence-corrected chi connectivity index (χ3v) is 5.35. The van der Waals surface area contributed by atoms with Gasteiger partial charge in [0.15, 0.2) is 5.82 Å². The Labute approximate surface area is 157 Å². The monoisotopic (exact) mass is 387 g/mol. The molecule has 0 saturated heterocycles. The van der Waals surface area contributed by atoms with E-state index in [0.717, 1.165) is 11.1 Å². The number of fused-ring (bicyclic) bond motifs is 1. The van der Waals surface area contributed by atoms with Gasteiger partial charge in [-0.05, 0) is 31.2 Å². The van der Waals surface area contributed by atoms with Gasteiger partial charge in [0.05, 0.1) is 4.53 Å². The molecule has 0 aliphatic rings. The Morgan fingerprint density at radius 1 is 1.12 bits per heavy atom. The van der Waals surface area contributed by atoms with Gasteiger partial charge in [-0.3, -0.25) is 4.79 Å². The van der Waals surface area contributed by atoms with Crippen LogP contribution in [0.1, 0.15) is 11.1 Å². The Bertz CT molecular complexity index is 1190. The van der Waals surface area contributed by atoms with Crippen molar-refractivity contribution in [2.75, 3.05) is 0 Å². The Kier molecular flexibility index (Phi) is 4.07. The summed E-state index contributed by atoms with van der Waals surface area (Å²) in [5.41, 5.74) is 2.38. The highest BCUT2D eigenvalue weighted by Crippen LogP contribution is 2.25. The van der Waals surface area contributed by atoms with Crippen LogP contribution < -0.4 is 10.1 Å². The minimum Gasteiger partial charge on any atom is -0.266 e. The summed E-state index contributed by atoms with van der Waals surface area (Å²) in [5, 5.41) is 5.33. The van der Waals surface area contributed by atoms with Gasteiger partial charge < -0.3 is 0 Å². The van der Waals surface area contributed by atoms with Crippen LogP contribution in [0, 0.1) is 6.92 Å². The van der Waals surface area contributed by atoms with Gasteiger partial charge in [-0.1, -0.05) is 64.4 Å². The van der Waals surface area contributed by atoms with Crippen LogP contribution in [0.15, 0.2) is 47.3 Å². The summed E-state index contributed by atoms with van der Waals surface area (Å²) >= 11 is 13.6. The van der Waals surface area contributed by atoms with Crippen molar-refractivity contribution in [3.05, 3.63) is 78.5 Å². The lowest BCUT2D eigenvalue weighted by Gasteiger charge is -1.99. The zero-order valence-corrected chi connectivity index (χ0v) is 15.4. The molecule has 2 aromatic heterocycles. The molecule has 0 bridgehead atoms. The van der Waals surface area contributed by atoms with Crippen LogP contribution in [0.2, 0.25) is 10.0 Å². The first-order chi connectivity index (χ1) is 12.0. The SMILES string of the molecule is Cc1cccc(-c2nc3sc(=Cc4c(Cl)cccc4Cl)c(=O)n3n2)c1. The molecule has 2 aromatic carbocycles. The van der Waals surface area contributed by atoms with Gasteiger partial charge in [-0.15, -0.1) is 5.10 Å². The minimum absolute atomic E-state index is 0.234. The molecule has 0 saturated carbocycles. The summed E-state index contributed by atoms with van der Waals surface area (Å²) in [7, 11) is 0. The maximum Gasteiger partial charge on any atom is 0.291 e. The Hall–Kier alpha value is -2.21. The number of nitrogens with zero attached hydrogens (tertiary/aromatic N) is 3. The van der Waals surface area contributed by atoms with E-state index in [1.807, 2.05) is 31.2 Å². The molecular formula is C18H11Cl2N3OS. The van der Waals surface area contributed by atoms with Gasteiger partial charge in [0.25, 0.3) is 5.56 Å². The van der Waals surface area contributed by atoms with E-state index in [1.165, 1.54) is 15.9 Å². The number of halogens is 2. The average molecular weight is 388 g/mol. The highest BCUT2D eigenvalue weighted by atomic mass is 35.5. The summed E-state index contributed by atoms with van der Waals surface area (Å²) < 4.78 is 1.81. The molecule has 0 atom stereocenters. The summed E-state index contributed by atoms with van der Waals surface area (Å²) in [6.45, 7) is 2.00. The van der Waals surface area contributed by atoms with Crippen molar-refractivity contribution in [2.24, 2.45) is 0 Å². The topological polar surface area (TPSA) is 47.3 Å². The van der Waals surface area contributed by atoms with E-state index in [0.29, 0.717) is 30.9 Å². The molecule has 4 aromatic rings. The molecule has 0 unspecified atom stereocenters. The third kappa shape index (κ3) is 2.95. The molecule has 0 amide bonds. The molecular weight excluding hydrogens is 377 g/mol. The van der Waals surface area contributed by atoms with E-state index in [1.54, 1.807) is 24.3 Å². The second-order valence-corrected chi connectivity index (χ2v) is 7.37. The molecule has 0 aliphatic heterocycles. The summed E-state index contributed by atoms with van der Waals surface area (Å²) in [4.78, 5) is 17.6. The third-order valence-electron chi connectivity index (χ3n) is 3.73. The van der Waals surface area contributed by atoms with Crippen LogP contribution >= 0.6 is 34.5 Å². The second-order valence-electron chi connectivity index (χ2n) is 5.55. The van der Waals surface area contributed by atoms with Crippen LogP contribution in [-0.4, -0.2) is 14.6 Å². The average Bonchev–Trinajstić information content (AvgIpc) is 3.11. The molecule has 2 heterocycles. The zero-order chi connectivity index (χ0) is 17.6. The maximum absolute atomic E-state index is 12.6. The molecule has 25 heavy (non-hydrogen) atoms. The van der Waals surface area contributed by atoms with E-state index < -0.39 is 0 Å². The number of rotatable bonds is 2. The van der Waals surface area contributed by atoms with E-state index >= 15 is 0 Å². The molecule has 7 heteroatoms. The number of hydrogen-bond acceptors (Lipinski definition) is 4. The van der Waals surface area contributed by atoms with Gasteiger partial charge in [-0.2, -0.15) is 9.50 Å². The van der Waals surface area contributed by atoms with Crippen LogP contribution in [0.25, 0.3) is 22.4 Å². The maximum atomic E-state index is 12.6. The zero-order valence-electron chi connectivity index (χ0n) is 13.0. The van der Waals surface area contributed by atoms with Crippen LogP contribution in [0.4, 0.5) is 0 Å². The molecule has 0 aliphatic carbocycles. The van der Waals surface area contributed by atoms with E-state index in [-0.39, 0.29) is 5.56 Å². The Morgan fingerprint density at radius 2 is 1.84 bits per heavy atom. The van der Waals surface area contributed by atoms with Crippen LogP contribution in [0.3, 0.4) is 0 Å². The van der Waals surface area contributed by atoms with Crippen molar-refractivity contribution in [1.29, 1.82) is 0 Å². The standard InChI is InChI=1S/C18H11Cl2N3OS/c1-10-4-2-5-11(8-10)16-21-18-23(22-16)17(24)15(25-18)9-12-13(19)6-3-7-14(12)20/h2-9H,1H3. The molecule has 0 N–H and O–H groups in total. The van der Waals surface area contributed by atoms with Crippen molar-refractivity contribution in [1.82, 2.24) is 14.6 Å². The summed E-state index contributed by atoms with van der Waals surface area (Å²) in [5.74, 6) is 0.536. The van der Waals surface area contributed by atoms with E-state index in [9.17, 15) is 4.79 Å². The van der Waals surface area contributed by atoms with Crippen LogP contribution in [-0.2, 0) is 0 Å².